The number of nitrogens with two attached hydrogens (primary N) is 1. The molecular weight excluding hydrogens is 216 g/mol. The summed E-state index contributed by atoms with van der Waals surface area (Å²) in [5.41, 5.74) is 2.64. The summed E-state index contributed by atoms with van der Waals surface area (Å²) in [5.74, 6) is 5.50. The number of hydrazine groups is 1. The van der Waals surface area contributed by atoms with E-state index in [-0.39, 0.29) is 18.9 Å². The molecule has 16 heavy (non-hydrogen) atoms. The molecular formula is C9H13F2N5. The van der Waals surface area contributed by atoms with Gasteiger partial charge in [0.05, 0.1) is 12.2 Å². The number of alkyl halides is 2. The molecule has 5 nitrogen and oxygen atoms in total. The lowest BCUT2D eigenvalue weighted by Gasteiger charge is -2.37. The topological polar surface area (TPSA) is 66.2 Å². The van der Waals surface area contributed by atoms with Crippen molar-refractivity contribution in [1.29, 1.82) is 0 Å². The fourth-order valence-corrected chi connectivity index (χ4v) is 1.71. The second-order valence-electron chi connectivity index (χ2n) is 3.51. The average Bonchev–Trinajstić information content (AvgIpc) is 2.28. The summed E-state index contributed by atoms with van der Waals surface area (Å²) in [7, 11) is 0. The van der Waals surface area contributed by atoms with Crippen LogP contribution in [0.15, 0.2) is 18.3 Å². The number of hydrogen-bond acceptors (Lipinski definition) is 5. The van der Waals surface area contributed by atoms with Crippen molar-refractivity contribution >= 4 is 11.5 Å². The van der Waals surface area contributed by atoms with Crippen LogP contribution < -0.4 is 21.5 Å². The molecule has 0 aliphatic carbocycles. The van der Waals surface area contributed by atoms with E-state index in [9.17, 15) is 8.78 Å². The van der Waals surface area contributed by atoms with Gasteiger partial charge in [0, 0.05) is 19.3 Å². The van der Waals surface area contributed by atoms with E-state index in [0.29, 0.717) is 12.2 Å². The lowest BCUT2D eigenvalue weighted by molar-refractivity contribution is -0.0120. The minimum atomic E-state index is -2.92. The molecule has 0 saturated carbocycles. The molecule has 7 heteroatoms. The summed E-state index contributed by atoms with van der Waals surface area (Å²) in [4.78, 5) is 4.91. The minimum Gasteiger partial charge on any atom is -0.308 e. The number of nitrogens with one attached hydrogen (secondary N) is 2. The Balaban J connectivity index is 2.34. The predicted molar refractivity (Wildman–Crippen MR) is 57.2 cm³/mol. The first-order valence-electron chi connectivity index (χ1n) is 4.93. The molecule has 1 fully saturated rings. The highest BCUT2D eigenvalue weighted by Crippen LogP contribution is 2.31. The normalized spacial score (nSPS) is 19.6. The highest BCUT2D eigenvalue weighted by Gasteiger charge is 2.40. The number of aromatic nitrogens is 1. The molecule has 0 radical (unpaired) electrons. The highest BCUT2D eigenvalue weighted by molar-refractivity contribution is 5.66. The van der Waals surface area contributed by atoms with Gasteiger partial charge in [-0.25, -0.2) is 10.8 Å². The van der Waals surface area contributed by atoms with Gasteiger partial charge < -0.3 is 15.6 Å². The first-order valence-corrected chi connectivity index (χ1v) is 4.93. The fourth-order valence-electron chi connectivity index (χ4n) is 1.71. The molecule has 0 spiro atoms. The van der Waals surface area contributed by atoms with Crippen LogP contribution in [0.5, 0.6) is 0 Å². The number of nitrogens with zero attached hydrogens (tertiary/aromatic N) is 2. The fraction of sp³-hybridized carbons (Fsp3) is 0.444. The third-order valence-corrected chi connectivity index (χ3v) is 2.46. The Kier molecular flexibility index (Phi) is 2.88. The molecule has 0 amide bonds. The Labute approximate surface area is 91.6 Å². The summed E-state index contributed by atoms with van der Waals surface area (Å²) in [6, 6.07) is 0.253. The van der Waals surface area contributed by atoms with Crippen LogP contribution in [0.4, 0.5) is 20.3 Å². The zero-order valence-electron chi connectivity index (χ0n) is 8.58. The average molecular weight is 229 g/mol. The molecule has 0 bridgehead atoms. The van der Waals surface area contributed by atoms with Gasteiger partial charge in [-0.1, -0.05) is 0 Å². The lowest BCUT2D eigenvalue weighted by atomic mass is 10.2. The van der Waals surface area contributed by atoms with Crippen molar-refractivity contribution in [2.75, 3.05) is 30.0 Å². The number of halogens is 2. The lowest BCUT2D eigenvalue weighted by Crippen LogP contribution is -2.56. The maximum Gasteiger partial charge on any atom is 0.338 e. The number of anilines is 2. The van der Waals surface area contributed by atoms with Crippen molar-refractivity contribution in [3.8, 4) is 0 Å². The summed E-state index contributed by atoms with van der Waals surface area (Å²) < 4.78 is 27.3. The van der Waals surface area contributed by atoms with Crippen molar-refractivity contribution in [2.24, 2.45) is 5.84 Å². The number of hydrogen-bond donors (Lipinski definition) is 3. The Morgan fingerprint density at radius 2 is 2.38 bits per heavy atom. The van der Waals surface area contributed by atoms with Gasteiger partial charge in [-0.3, -0.25) is 0 Å². The molecule has 1 saturated heterocycles. The van der Waals surface area contributed by atoms with Gasteiger partial charge in [0.15, 0.2) is 5.82 Å². The van der Waals surface area contributed by atoms with Crippen LogP contribution in [-0.2, 0) is 0 Å². The number of rotatable bonds is 2. The molecule has 2 heterocycles. The van der Waals surface area contributed by atoms with Crippen molar-refractivity contribution in [3.05, 3.63) is 18.3 Å². The van der Waals surface area contributed by atoms with Crippen molar-refractivity contribution in [3.63, 3.8) is 0 Å². The Morgan fingerprint density at radius 1 is 1.56 bits per heavy atom. The molecule has 0 unspecified atom stereocenters. The second-order valence-corrected chi connectivity index (χ2v) is 3.51. The van der Waals surface area contributed by atoms with Crippen LogP contribution in [-0.4, -0.2) is 30.7 Å². The third-order valence-electron chi connectivity index (χ3n) is 2.46. The first-order chi connectivity index (χ1) is 7.65. The van der Waals surface area contributed by atoms with Gasteiger partial charge in [0.25, 0.3) is 0 Å². The smallest absolute Gasteiger partial charge is 0.308 e. The van der Waals surface area contributed by atoms with Gasteiger partial charge in [0.1, 0.15) is 0 Å². The highest BCUT2D eigenvalue weighted by atomic mass is 19.3. The first kappa shape index (κ1) is 11.0. The third kappa shape index (κ3) is 1.91. The molecule has 2 rings (SSSR count). The van der Waals surface area contributed by atoms with Crippen LogP contribution in [0.3, 0.4) is 0 Å². The minimum absolute atomic E-state index is 0.216. The van der Waals surface area contributed by atoms with Crippen molar-refractivity contribution < 1.29 is 8.78 Å². The number of piperazine rings is 1. The van der Waals surface area contributed by atoms with Gasteiger partial charge in [-0.15, -0.1) is 0 Å². The quantitative estimate of drug-likeness (QED) is 0.388. The van der Waals surface area contributed by atoms with E-state index in [1.165, 1.54) is 6.20 Å². The number of nitrogen functional groups attached to an aromatic ring is 1. The van der Waals surface area contributed by atoms with E-state index in [0.717, 1.165) is 4.90 Å². The Hall–Kier alpha value is -1.47. The summed E-state index contributed by atoms with van der Waals surface area (Å²) in [5, 5.41) is 2.65. The van der Waals surface area contributed by atoms with Gasteiger partial charge in [0.2, 0.25) is 0 Å². The predicted octanol–water partition coefficient (Wildman–Crippen LogP) is 0.370. The Bertz CT molecular complexity index is 371. The molecule has 0 atom stereocenters. The van der Waals surface area contributed by atoms with Crippen LogP contribution in [0.25, 0.3) is 0 Å². The van der Waals surface area contributed by atoms with Crippen LogP contribution in [0.2, 0.25) is 0 Å². The molecule has 4 N–H and O–H groups in total. The zero-order chi connectivity index (χ0) is 11.6. The monoisotopic (exact) mass is 229 g/mol. The zero-order valence-corrected chi connectivity index (χ0v) is 8.58. The molecule has 1 aromatic heterocycles. The van der Waals surface area contributed by atoms with E-state index in [1.807, 2.05) is 0 Å². The van der Waals surface area contributed by atoms with E-state index in [4.69, 9.17) is 5.84 Å². The maximum atomic E-state index is 13.6. The summed E-state index contributed by atoms with van der Waals surface area (Å²) in [6.07, 6.45) is 1.50. The van der Waals surface area contributed by atoms with E-state index in [2.05, 4.69) is 15.7 Å². The van der Waals surface area contributed by atoms with Crippen molar-refractivity contribution in [2.45, 2.75) is 6.05 Å². The summed E-state index contributed by atoms with van der Waals surface area (Å²) in [6.45, 7) is 0.355. The van der Waals surface area contributed by atoms with E-state index >= 15 is 0 Å². The molecule has 88 valence electrons. The van der Waals surface area contributed by atoms with Gasteiger partial charge in [-0.2, -0.15) is 8.78 Å². The van der Waals surface area contributed by atoms with Gasteiger partial charge in [-0.05, 0) is 12.1 Å². The maximum absolute atomic E-state index is 13.6. The summed E-state index contributed by atoms with van der Waals surface area (Å²) >= 11 is 0. The molecule has 1 aromatic rings. The van der Waals surface area contributed by atoms with Gasteiger partial charge >= 0.3 is 6.05 Å². The number of pyridine rings is 1. The van der Waals surface area contributed by atoms with Crippen LogP contribution >= 0.6 is 0 Å². The van der Waals surface area contributed by atoms with Crippen LogP contribution in [0, 0.1) is 0 Å². The Morgan fingerprint density at radius 3 is 3.06 bits per heavy atom. The molecule has 1 aliphatic rings. The van der Waals surface area contributed by atoms with Crippen molar-refractivity contribution in [1.82, 2.24) is 10.3 Å². The SMILES string of the molecule is NNc1ncccc1N1CCNCC1(F)F. The largest absolute Gasteiger partial charge is 0.338 e. The standard InChI is InChI=1S/C9H13F2N5/c10-9(11)6-13-4-5-16(9)7-2-1-3-14-8(7)15-12/h1-3,13H,4-6,12H2,(H,14,15). The van der Waals surface area contributed by atoms with E-state index < -0.39 is 6.05 Å². The van der Waals surface area contributed by atoms with E-state index in [1.54, 1.807) is 12.1 Å². The molecule has 0 aromatic carbocycles. The molecule has 1 aliphatic heterocycles. The second kappa shape index (κ2) is 4.18. The van der Waals surface area contributed by atoms with Crippen LogP contribution in [0.1, 0.15) is 0 Å².